The Morgan fingerprint density at radius 3 is 2.52 bits per heavy atom. The quantitative estimate of drug-likeness (QED) is 0.734. The lowest BCUT2D eigenvalue weighted by Gasteiger charge is -2.09. The van der Waals surface area contributed by atoms with Gasteiger partial charge in [-0.2, -0.15) is 5.10 Å². The van der Waals surface area contributed by atoms with Crippen LogP contribution in [0.15, 0.2) is 65.5 Å². The highest BCUT2D eigenvalue weighted by atomic mass is 16.2. The van der Waals surface area contributed by atoms with Gasteiger partial charge in [0.2, 0.25) is 5.91 Å². The fraction of sp³-hybridized carbons (Fsp3) is 0.227. The molecule has 5 heteroatoms. The van der Waals surface area contributed by atoms with Gasteiger partial charge in [-0.25, -0.2) is 4.68 Å². The van der Waals surface area contributed by atoms with E-state index in [1.807, 2.05) is 62.4 Å². The van der Waals surface area contributed by atoms with Gasteiger partial charge in [-0.3, -0.25) is 9.59 Å². The number of aromatic nitrogens is 2. The zero-order valence-electron chi connectivity index (χ0n) is 15.6. The van der Waals surface area contributed by atoms with Crippen molar-refractivity contribution >= 4 is 5.91 Å². The van der Waals surface area contributed by atoms with Crippen molar-refractivity contribution in [2.45, 2.75) is 26.8 Å². The van der Waals surface area contributed by atoms with E-state index >= 15 is 0 Å². The highest BCUT2D eigenvalue weighted by molar-refractivity contribution is 5.75. The van der Waals surface area contributed by atoms with Crippen LogP contribution >= 0.6 is 0 Å². The maximum atomic E-state index is 12.2. The molecule has 0 bridgehead atoms. The molecule has 0 radical (unpaired) electrons. The molecule has 0 aliphatic carbocycles. The predicted octanol–water partition coefficient (Wildman–Crippen LogP) is 2.89. The van der Waals surface area contributed by atoms with E-state index in [-0.39, 0.29) is 18.0 Å². The third kappa shape index (κ3) is 4.91. The monoisotopic (exact) mass is 361 g/mol. The third-order valence-electron chi connectivity index (χ3n) is 4.54. The van der Waals surface area contributed by atoms with E-state index < -0.39 is 0 Å². The van der Waals surface area contributed by atoms with Gasteiger partial charge < -0.3 is 5.32 Å². The Balaban J connectivity index is 1.66. The number of nitrogens with zero attached hydrogens (tertiary/aromatic N) is 2. The second-order valence-electron chi connectivity index (χ2n) is 6.60. The number of rotatable bonds is 6. The molecule has 3 rings (SSSR count). The molecule has 5 nitrogen and oxygen atoms in total. The van der Waals surface area contributed by atoms with Gasteiger partial charge in [0.1, 0.15) is 6.54 Å². The highest BCUT2D eigenvalue weighted by Gasteiger charge is 2.08. The van der Waals surface area contributed by atoms with Crippen LogP contribution in [0.1, 0.15) is 16.7 Å². The molecule has 0 unspecified atom stereocenters. The number of aryl methyl sites for hydroxylation is 2. The SMILES string of the molecule is Cc1ccc(-c2ccc(=O)n(CC(=O)NCCc3ccccc3)n2)cc1C. The number of benzene rings is 2. The number of hydrogen-bond acceptors (Lipinski definition) is 3. The van der Waals surface area contributed by atoms with Crippen LogP contribution in [0, 0.1) is 13.8 Å². The summed E-state index contributed by atoms with van der Waals surface area (Å²) < 4.78 is 1.21. The fourth-order valence-electron chi connectivity index (χ4n) is 2.80. The Morgan fingerprint density at radius 1 is 1.00 bits per heavy atom. The molecule has 0 saturated carbocycles. The van der Waals surface area contributed by atoms with Crippen molar-refractivity contribution in [3.63, 3.8) is 0 Å². The summed E-state index contributed by atoms with van der Waals surface area (Å²) in [6.07, 6.45) is 0.748. The smallest absolute Gasteiger partial charge is 0.267 e. The summed E-state index contributed by atoms with van der Waals surface area (Å²) in [6, 6.07) is 19.1. The molecule has 0 fully saturated rings. The molecule has 0 atom stereocenters. The molecule has 1 N–H and O–H groups in total. The molecule has 2 aromatic carbocycles. The lowest BCUT2D eigenvalue weighted by molar-refractivity contribution is -0.121. The second-order valence-corrected chi connectivity index (χ2v) is 6.60. The minimum atomic E-state index is -0.291. The summed E-state index contributed by atoms with van der Waals surface area (Å²) in [5.41, 5.74) is 4.83. The molecule has 0 spiro atoms. The Bertz CT molecular complexity index is 994. The molecule has 1 aromatic heterocycles. The normalized spacial score (nSPS) is 10.6. The molecule has 138 valence electrons. The van der Waals surface area contributed by atoms with Gasteiger partial charge in [-0.1, -0.05) is 42.5 Å². The first kappa shape index (κ1) is 18.6. The Labute approximate surface area is 158 Å². The molecule has 27 heavy (non-hydrogen) atoms. The van der Waals surface area contributed by atoms with E-state index in [1.165, 1.54) is 16.3 Å². The summed E-state index contributed by atoms with van der Waals surface area (Å²) in [5, 5.41) is 7.21. The molecule has 0 saturated heterocycles. The number of hydrogen-bond donors (Lipinski definition) is 1. The summed E-state index contributed by atoms with van der Waals surface area (Å²) in [5.74, 6) is -0.224. The summed E-state index contributed by atoms with van der Waals surface area (Å²) in [7, 11) is 0. The molecular formula is C22H23N3O2. The number of amides is 1. The molecule has 0 aliphatic rings. The number of carbonyl (C=O) groups excluding carboxylic acids is 1. The van der Waals surface area contributed by atoms with E-state index in [4.69, 9.17) is 0 Å². The number of carbonyl (C=O) groups is 1. The van der Waals surface area contributed by atoms with Crippen LogP contribution in [0.5, 0.6) is 0 Å². The fourth-order valence-corrected chi connectivity index (χ4v) is 2.80. The van der Waals surface area contributed by atoms with Crippen LogP contribution < -0.4 is 10.9 Å². The minimum Gasteiger partial charge on any atom is -0.354 e. The van der Waals surface area contributed by atoms with E-state index in [0.29, 0.717) is 12.2 Å². The van der Waals surface area contributed by atoms with E-state index in [2.05, 4.69) is 10.4 Å². The predicted molar refractivity (Wildman–Crippen MR) is 107 cm³/mol. The van der Waals surface area contributed by atoms with Crippen LogP contribution in [-0.2, 0) is 17.8 Å². The van der Waals surface area contributed by atoms with E-state index in [0.717, 1.165) is 23.1 Å². The van der Waals surface area contributed by atoms with Crippen LogP contribution in [0.3, 0.4) is 0 Å². The minimum absolute atomic E-state index is 0.0910. The summed E-state index contributed by atoms with van der Waals surface area (Å²) in [4.78, 5) is 24.3. The first-order valence-electron chi connectivity index (χ1n) is 8.99. The van der Waals surface area contributed by atoms with E-state index in [1.54, 1.807) is 6.07 Å². The van der Waals surface area contributed by atoms with E-state index in [9.17, 15) is 9.59 Å². The molecule has 0 aliphatic heterocycles. The maximum Gasteiger partial charge on any atom is 0.267 e. The van der Waals surface area contributed by atoms with Crippen molar-refractivity contribution in [3.8, 4) is 11.3 Å². The summed E-state index contributed by atoms with van der Waals surface area (Å²) >= 11 is 0. The molecular weight excluding hydrogens is 338 g/mol. The third-order valence-corrected chi connectivity index (χ3v) is 4.54. The second kappa shape index (κ2) is 8.45. The molecule has 3 aromatic rings. The standard InChI is InChI=1S/C22H23N3O2/c1-16-8-9-19(14-17(16)2)20-10-11-22(27)25(24-20)15-21(26)23-13-12-18-6-4-3-5-7-18/h3-11,14H,12-13,15H2,1-2H3,(H,23,26). The highest BCUT2D eigenvalue weighted by Crippen LogP contribution is 2.19. The molecule has 1 heterocycles. The van der Waals surface area contributed by atoms with Gasteiger partial charge in [-0.05, 0) is 49.1 Å². The van der Waals surface area contributed by atoms with Gasteiger partial charge in [0, 0.05) is 18.2 Å². The first-order chi connectivity index (χ1) is 13.0. The van der Waals surface area contributed by atoms with Crippen LogP contribution in [0.25, 0.3) is 11.3 Å². The lowest BCUT2D eigenvalue weighted by atomic mass is 10.0. The number of nitrogens with one attached hydrogen (secondary N) is 1. The van der Waals surface area contributed by atoms with Crippen molar-refractivity contribution in [3.05, 3.63) is 87.7 Å². The zero-order chi connectivity index (χ0) is 19.2. The van der Waals surface area contributed by atoms with Gasteiger partial charge in [0.05, 0.1) is 5.69 Å². The topological polar surface area (TPSA) is 64.0 Å². The van der Waals surface area contributed by atoms with Gasteiger partial charge in [0.25, 0.3) is 5.56 Å². The van der Waals surface area contributed by atoms with Crippen LogP contribution in [0.4, 0.5) is 0 Å². The maximum absolute atomic E-state index is 12.2. The van der Waals surface area contributed by atoms with Crippen molar-refractivity contribution in [1.29, 1.82) is 0 Å². The van der Waals surface area contributed by atoms with Crippen molar-refractivity contribution in [1.82, 2.24) is 15.1 Å². The van der Waals surface area contributed by atoms with Crippen molar-refractivity contribution in [2.24, 2.45) is 0 Å². The van der Waals surface area contributed by atoms with Crippen LogP contribution in [0.2, 0.25) is 0 Å². The lowest BCUT2D eigenvalue weighted by Crippen LogP contribution is -2.34. The van der Waals surface area contributed by atoms with Gasteiger partial charge in [0.15, 0.2) is 0 Å². The van der Waals surface area contributed by atoms with Crippen LogP contribution in [-0.4, -0.2) is 22.2 Å². The molecule has 1 amide bonds. The average molecular weight is 361 g/mol. The van der Waals surface area contributed by atoms with Gasteiger partial charge in [-0.15, -0.1) is 0 Å². The Kier molecular flexibility index (Phi) is 5.81. The Hall–Kier alpha value is -3.21. The van der Waals surface area contributed by atoms with Gasteiger partial charge >= 0.3 is 0 Å². The summed E-state index contributed by atoms with van der Waals surface area (Å²) in [6.45, 7) is 4.52. The first-order valence-corrected chi connectivity index (χ1v) is 8.99. The Morgan fingerprint density at radius 2 is 1.78 bits per heavy atom. The van der Waals surface area contributed by atoms with Crippen molar-refractivity contribution < 1.29 is 4.79 Å². The largest absolute Gasteiger partial charge is 0.354 e. The van der Waals surface area contributed by atoms with Crippen molar-refractivity contribution in [2.75, 3.05) is 6.54 Å². The zero-order valence-corrected chi connectivity index (χ0v) is 15.6. The average Bonchev–Trinajstić information content (AvgIpc) is 2.67.